The van der Waals surface area contributed by atoms with E-state index in [-0.39, 0.29) is 0 Å². The highest BCUT2D eigenvalue weighted by Gasteiger charge is 2.03. The quantitative estimate of drug-likeness (QED) is 0.454. The predicted octanol–water partition coefficient (Wildman–Crippen LogP) is 2.61. The van der Waals surface area contributed by atoms with E-state index in [0.717, 1.165) is 18.7 Å². The molecule has 0 amide bonds. The molecule has 0 fully saturated rings. The Labute approximate surface area is 98.0 Å². The molecular weight excluding hydrogens is 198 g/mol. The van der Waals surface area contributed by atoms with E-state index in [1.54, 1.807) is 6.21 Å². The van der Waals surface area contributed by atoms with Crippen LogP contribution in [0.15, 0.2) is 29.4 Å². The molecule has 0 aliphatic rings. The molecule has 88 valence electrons. The summed E-state index contributed by atoms with van der Waals surface area (Å²) in [4.78, 5) is 2.41. The minimum absolute atomic E-state index is 1.04. The van der Waals surface area contributed by atoms with Crippen molar-refractivity contribution in [2.75, 3.05) is 18.0 Å². The Hall–Kier alpha value is -1.51. The minimum atomic E-state index is 1.04. The highest BCUT2D eigenvalue weighted by molar-refractivity contribution is 5.80. The van der Waals surface area contributed by atoms with Crippen molar-refractivity contribution in [3.8, 4) is 0 Å². The van der Waals surface area contributed by atoms with Gasteiger partial charge in [-0.15, -0.1) is 0 Å². The van der Waals surface area contributed by atoms with E-state index in [0.29, 0.717) is 0 Å². The Kier molecular flexibility index (Phi) is 5.40. The van der Waals surface area contributed by atoms with Crippen molar-refractivity contribution >= 4 is 11.9 Å². The molecule has 0 saturated heterocycles. The lowest BCUT2D eigenvalue weighted by Gasteiger charge is -2.23. The monoisotopic (exact) mass is 219 g/mol. The second-order valence-corrected chi connectivity index (χ2v) is 3.86. The lowest BCUT2D eigenvalue weighted by atomic mass is 10.2. The number of nitrogens with two attached hydrogens (primary N) is 1. The first kappa shape index (κ1) is 12.6. The van der Waals surface area contributed by atoms with Gasteiger partial charge < -0.3 is 10.7 Å². The van der Waals surface area contributed by atoms with E-state index < -0.39 is 0 Å². The van der Waals surface area contributed by atoms with Gasteiger partial charge in [-0.05, 0) is 30.5 Å². The summed E-state index contributed by atoms with van der Waals surface area (Å²) in [6.45, 7) is 6.63. The summed E-state index contributed by atoms with van der Waals surface area (Å²) in [6, 6.07) is 8.35. The standard InChI is InChI=1S/C13H21N3/c1-3-9-16(10-4-2)13-7-5-12(6-8-13)11-15-14/h5-8,11H,3-4,9-10,14H2,1-2H3. The number of hydrogen-bond acceptors (Lipinski definition) is 3. The number of rotatable bonds is 6. The first-order valence-corrected chi connectivity index (χ1v) is 5.90. The van der Waals surface area contributed by atoms with Gasteiger partial charge in [0, 0.05) is 18.8 Å². The van der Waals surface area contributed by atoms with Crippen LogP contribution in [0.3, 0.4) is 0 Å². The van der Waals surface area contributed by atoms with E-state index in [1.807, 2.05) is 12.1 Å². The van der Waals surface area contributed by atoms with Crippen LogP contribution in [0.4, 0.5) is 5.69 Å². The third-order valence-electron chi connectivity index (χ3n) is 2.47. The van der Waals surface area contributed by atoms with E-state index >= 15 is 0 Å². The average Bonchev–Trinajstić information content (AvgIpc) is 2.30. The summed E-state index contributed by atoms with van der Waals surface area (Å²) in [7, 11) is 0. The maximum atomic E-state index is 5.11. The molecule has 0 aliphatic heterocycles. The zero-order valence-corrected chi connectivity index (χ0v) is 10.2. The molecule has 0 aliphatic carbocycles. The molecule has 0 heterocycles. The number of hydrogen-bond donors (Lipinski definition) is 1. The fourth-order valence-corrected chi connectivity index (χ4v) is 1.77. The second-order valence-electron chi connectivity index (χ2n) is 3.86. The third kappa shape index (κ3) is 3.57. The Morgan fingerprint density at radius 1 is 1.12 bits per heavy atom. The first-order chi connectivity index (χ1) is 7.81. The van der Waals surface area contributed by atoms with Crippen molar-refractivity contribution in [3.05, 3.63) is 29.8 Å². The predicted molar refractivity (Wildman–Crippen MR) is 71.0 cm³/mol. The molecule has 0 radical (unpaired) electrons. The van der Waals surface area contributed by atoms with Crippen LogP contribution in [0, 0.1) is 0 Å². The molecule has 1 rings (SSSR count). The largest absolute Gasteiger partial charge is 0.372 e. The van der Waals surface area contributed by atoms with Gasteiger partial charge in [0.1, 0.15) is 0 Å². The van der Waals surface area contributed by atoms with Crippen molar-refractivity contribution in [1.82, 2.24) is 0 Å². The molecule has 16 heavy (non-hydrogen) atoms. The molecule has 1 aromatic rings. The Morgan fingerprint density at radius 2 is 1.69 bits per heavy atom. The molecule has 0 unspecified atom stereocenters. The molecule has 0 bridgehead atoms. The van der Waals surface area contributed by atoms with E-state index in [4.69, 9.17) is 5.84 Å². The minimum Gasteiger partial charge on any atom is -0.372 e. The van der Waals surface area contributed by atoms with E-state index in [1.165, 1.54) is 18.5 Å². The van der Waals surface area contributed by atoms with Crippen LogP contribution in [0.5, 0.6) is 0 Å². The van der Waals surface area contributed by atoms with Gasteiger partial charge in [0.2, 0.25) is 0 Å². The van der Waals surface area contributed by atoms with Crippen LogP contribution in [-0.2, 0) is 0 Å². The van der Waals surface area contributed by atoms with E-state index in [9.17, 15) is 0 Å². The number of benzene rings is 1. The molecular formula is C13H21N3. The summed E-state index contributed by atoms with van der Waals surface area (Å²) >= 11 is 0. The average molecular weight is 219 g/mol. The lowest BCUT2D eigenvalue weighted by Crippen LogP contribution is -2.24. The number of anilines is 1. The highest BCUT2D eigenvalue weighted by Crippen LogP contribution is 2.15. The molecule has 0 atom stereocenters. The van der Waals surface area contributed by atoms with Gasteiger partial charge in [0.05, 0.1) is 6.21 Å². The van der Waals surface area contributed by atoms with Gasteiger partial charge in [-0.3, -0.25) is 0 Å². The van der Waals surface area contributed by atoms with Gasteiger partial charge in [-0.25, -0.2) is 0 Å². The summed E-state index contributed by atoms with van der Waals surface area (Å²) in [5, 5.41) is 3.51. The van der Waals surface area contributed by atoms with Gasteiger partial charge >= 0.3 is 0 Å². The smallest absolute Gasteiger partial charge is 0.0538 e. The van der Waals surface area contributed by atoms with E-state index in [2.05, 4.69) is 36.0 Å². The van der Waals surface area contributed by atoms with Crippen molar-refractivity contribution in [3.63, 3.8) is 0 Å². The summed E-state index contributed by atoms with van der Waals surface area (Å²) in [5.74, 6) is 5.11. The van der Waals surface area contributed by atoms with Crippen molar-refractivity contribution in [1.29, 1.82) is 0 Å². The summed E-state index contributed by atoms with van der Waals surface area (Å²) in [5.41, 5.74) is 2.32. The maximum Gasteiger partial charge on any atom is 0.0538 e. The fraction of sp³-hybridized carbons (Fsp3) is 0.462. The van der Waals surface area contributed by atoms with Gasteiger partial charge in [-0.2, -0.15) is 5.10 Å². The molecule has 3 heteroatoms. The highest BCUT2D eigenvalue weighted by atomic mass is 15.1. The van der Waals surface area contributed by atoms with Gasteiger partial charge in [-0.1, -0.05) is 26.0 Å². The molecule has 0 aromatic heterocycles. The van der Waals surface area contributed by atoms with Crippen LogP contribution >= 0.6 is 0 Å². The SMILES string of the molecule is CCCN(CCC)c1ccc(C=NN)cc1. The Morgan fingerprint density at radius 3 is 2.12 bits per heavy atom. The molecule has 2 N–H and O–H groups in total. The lowest BCUT2D eigenvalue weighted by molar-refractivity contribution is 0.745. The summed E-state index contributed by atoms with van der Waals surface area (Å²) in [6.07, 6.45) is 4.01. The maximum absolute atomic E-state index is 5.11. The zero-order valence-electron chi connectivity index (χ0n) is 10.2. The fourth-order valence-electron chi connectivity index (χ4n) is 1.77. The van der Waals surface area contributed by atoms with Crippen LogP contribution in [0.1, 0.15) is 32.3 Å². The zero-order chi connectivity index (χ0) is 11.8. The number of nitrogens with zero attached hydrogens (tertiary/aromatic N) is 2. The van der Waals surface area contributed by atoms with Crippen LogP contribution in [0.2, 0.25) is 0 Å². The molecule has 0 spiro atoms. The Bertz CT molecular complexity index is 310. The number of hydrazone groups is 1. The van der Waals surface area contributed by atoms with Crippen LogP contribution < -0.4 is 10.7 Å². The van der Waals surface area contributed by atoms with Crippen molar-refractivity contribution in [2.24, 2.45) is 10.9 Å². The normalized spacial score (nSPS) is 10.9. The van der Waals surface area contributed by atoms with Crippen LogP contribution in [-0.4, -0.2) is 19.3 Å². The summed E-state index contributed by atoms with van der Waals surface area (Å²) < 4.78 is 0. The molecule has 1 aromatic carbocycles. The van der Waals surface area contributed by atoms with Gasteiger partial charge in [0.15, 0.2) is 0 Å². The third-order valence-corrected chi connectivity index (χ3v) is 2.47. The molecule has 0 saturated carbocycles. The van der Waals surface area contributed by atoms with Gasteiger partial charge in [0.25, 0.3) is 0 Å². The Balaban J connectivity index is 2.76. The topological polar surface area (TPSA) is 41.6 Å². The second kappa shape index (κ2) is 6.88. The van der Waals surface area contributed by atoms with Crippen molar-refractivity contribution in [2.45, 2.75) is 26.7 Å². The van der Waals surface area contributed by atoms with Crippen molar-refractivity contribution < 1.29 is 0 Å². The molecule has 3 nitrogen and oxygen atoms in total. The first-order valence-electron chi connectivity index (χ1n) is 5.90. The van der Waals surface area contributed by atoms with Crippen LogP contribution in [0.25, 0.3) is 0 Å².